The highest BCUT2D eigenvalue weighted by atomic mass is 16.4. The molecule has 2 saturated carbocycles. The Bertz CT molecular complexity index is 242. The highest BCUT2D eigenvalue weighted by Gasteiger charge is 2.38. The minimum Gasteiger partial charge on any atom is -0.481 e. The molecule has 2 bridgehead atoms. The normalized spacial score (nSPS) is 35.7. The molecule has 2 aliphatic carbocycles. The standard InChI is InChI=1S/C12H21NO2/c1-8(12(14)15)6-13-7-11-5-9-2-3-10(11)4-9/h8-11,13H,2-7H2,1H3,(H,14,15). The third kappa shape index (κ3) is 2.51. The number of fused-ring (bicyclic) bond motifs is 2. The molecular formula is C12H21NO2. The number of aliphatic carboxylic acids is 1. The van der Waals surface area contributed by atoms with Gasteiger partial charge in [0.2, 0.25) is 0 Å². The first kappa shape index (κ1) is 10.9. The molecule has 2 fully saturated rings. The van der Waals surface area contributed by atoms with Gasteiger partial charge in [0.05, 0.1) is 5.92 Å². The smallest absolute Gasteiger partial charge is 0.307 e. The molecule has 0 heterocycles. The Kier molecular flexibility index (Phi) is 3.29. The Hall–Kier alpha value is -0.570. The number of hydrogen-bond donors (Lipinski definition) is 2. The summed E-state index contributed by atoms with van der Waals surface area (Å²) < 4.78 is 0. The molecule has 3 heteroatoms. The second-order valence-electron chi connectivity index (χ2n) is 5.33. The van der Waals surface area contributed by atoms with Gasteiger partial charge >= 0.3 is 5.97 Å². The maximum Gasteiger partial charge on any atom is 0.307 e. The fourth-order valence-corrected chi connectivity index (χ4v) is 3.20. The van der Waals surface area contributed by atoms with Gasteiger partial charge in [0.1, 0.15) is 0 Å². The highest BCUT2D eigenvalue weighted by molar-refractivity contribution is 5.69. The summed E-state index contributed by atoms with van der Waals surface area (Å²) in [4.78, 5) is 10.6. The fraction of sp³-hybridized carbons (Fsp3) is 0.917. The monoisotopic (exact) mass is 211 g/mol. The van der Waals surface area contributed by atoms with Crippen LogP contribution in [0.25, 0.3) is 0 Å². The Balaban J connectivity index is 1.64. The molecule has 3 nitrogen and oxygen atoms in total. The van der Waals surface area contributed by atoms with Crippen molar-refractivity contribution in [1.29, 1.82) is 0 Å². The molecule has 0 radical (unpaired) electrons. The van der Waals surface area contributed by atoms with Crippen molar-refractivity contribution in [2.75, 3.05) is 13.1 Å². The molecule has 2 rings (SSSR count). The lowest BCUT2D eigenvalue weighted by atomic mass is 9.89. The van der Waals surface area contributed by atoms with Crippen molar-refractivity contribution >= 4 is 5.97 Å². The van der Waals surface area contributed by atoms with E-state index in [-0.39, 0.29) is 5.92 Å². The first-order valence-electron chi connectivity index (χ1n) is 6.10. The van der Waals surface area contributed by atoms with Gasteiger partial charge in [-0.25, -0.2) is 0 Å². The Morgan fingerprint density at radius 2 is 2.27 bits per heavy atom. The third-order valence-electron chi connectivity index (χ3n) is 4.16. The van der Waals surface area contributed by atoms with E-state index in [4.69, 9.17) is 5.11 Å². The zero-order chi connectivity index (χ0) is 10.8. The van der Waals surface area contributed by atoms with Crippen LogP contribution in [0.15, 0.2) is 0 Å². The first-order chi connectivity index (χ1) is 7.16. The van der Waals surface area contributed by atoms with Crippen molar-refractivity contribution in [1.82, 2.24) is 5.32 Å². The Morgan fingerprint density at radius 1 is 1.47 bits per heavy atom. The van der Waals surface area contributed by atoms with Crippen molar-refractivity contribution in [3.8, 4) is 0 Å². The van der Waals surface area contributed by atoms with Crippen LogP contribution < -0.4 is 5.32 Å². The van der Waals surface area contributed by atoms with Crippen molar-refractivity contribution in [3.05, 3.63) is 0 Å². The van der Waals surface area contributed by atoms with E-state index in [9.17, 15) is 4.79 Å². The van der Waals surface area contributed by atoms with Crippen LogP contribution in [0.5, 0.6) is 0 Å². The van der Waals surface area contributed by atoms with Crippen LogP contribution in [0.1, 0.15) is 32.6 Å². The van der Waals surface area contributed by atoms with Crippen LogP contribution in [0.3, 0.4) is 0 Å². The average molecular weight is 211 g/mol. The number of carboxylic acids is 1. The number of carboxylic acid groups (broad SMARTS) is 1. The number of carbonyl (C=O) groups is 1. The fourth-order valence-electron chi connectivity index (χ4n) is 3.20. The van der Waals surface area contributed by atoms with Gasteiger partial charge in [0.25, 0.3) is 0 Å². The van der Waals surface area contributed by atoms with Crippen molar-refractivity contribution in [2.24, 2.45) is 23.7 Å². The van der Waals surface area contributed by atoms with Gasteiger partial charge in [0.15, 0.2) is 0 Å². The van der Waals surface area contributed by atoms with E-state index in [1.165, 1.54) is 25.7 Å². The van der Waals surface area contributed by atoms with E-state index in [0.717, 1.165) is 24.3 Å². The van der Waals surface area contributed by atoms with Gasteiger partial charge in [-0.15, -0.1) is 0 Å². The van der Waals surface area contributed by atoms with E-state index in [1.807, 2.05) is 0 Å². The van der Waals surface area contributed by atoms with Crippen LogP contribution in [-0.2, 0) is 4.79 Å². The number of hydrogen-bond acceptors (Lipinski definition) is 2. The van der Waals surface area contributed by atoms with Crippen LogP contribution in [0.4, 0.5) is 0 Å². The molecule has 2 aliphatic rings. The van der Waals surface area contributed by atoms with E-state index >= 15 is 0 Å². The molecule has 0 aromatic heterocycles. The zero-order valence-corrected chi connectivity index (χ0v) is 9.41. The second-order valence-corrected chi connectivity index (χ2v) is 5.33. The Morgan fingerprint density at radius 3 is 2.80 bits per heavy atom. The van der Waals surface area contributed by atoms with Gasteiger partial charge < -0.3 is 10.4 Å². The van der Waals surface area contributed by atoms with Crippen LogP contribution in [-0.4, -0.2) is 24.2 Å². The van der Waals surface area contributed by atoms with Crippen molar-refractivity contribution in [2.45, 2.75) is 32.6 Å². The maximum absolute atomic E-state index is 10.6. The summed E-state index contributed by atoms with van der Waals surface area (Å²) in [6, 6.07) is 0. The lowest BCUT2D eigenvalue weighted by Crippen LogP contribution is -2.32. The van der Waals surface area contributed by atoms with Gasteiger partial charge in [-0.1, -0.05) is 13.3 Å². The third-order valence-corrected chi connectivity index (χ3v) is 4.16. The minimum atomic E-state index is -0.699. The van der Waals surface area contributed by atoms with Gasteiger partial charge in [-0.3, -0.25) is 4.79 Å². The summed E-state index contributed by atoms with van der Waals surface area (Å²) in [7, 11) is 0. The van der Waals surface area contributed by atoms with Gasteiger partial charge in [-0.2, -0.15) is 0 Å². The average Bonchev–Trinajstić information content (AvgIpc) is 2.78. The molecule has 0 saturated heterocycles. The lowest BCUT2D eigenvalue weighted by Gasteiger charge is -2.22. The molecule has 0 aliphatic heterocycles. The first-order valence-corrected chi connectivity index (χ1v) is 6.10. The molecule has 2 N–H and O–H groups in total. The van der Waals surface area contributed by atoms with Crippen molar-refractivity contribution in [3.63, 3.8) is 0 Å². The topological polar surface area (TPSA) is 49.3 Å². The van der Waals surface area contributed by atoms with Gasteiger partial charge in [-0.05, 0) is 43.6 Å². The van der Waals surface area contributed by atoms with Crippen molar-refractivity contribution < 1.29 is 9.90 Å². The SMILES string of the molecule is CC(CNCC1CC2CCC1C2)C(=O)O. The summed E-state index contributed by atoms with van der Waals surface area (Å²) in [6.07, 6.45) is 5.65. The predicted octanol–water partition coefficient (Wildman–Crippen LogP) is 1.73. The molecule has 0 aromatic rings. The molecule has 4 atom stereocenters. The van der Waals surface area contributed by atoms with Gasteiger partial charge in [0, 0.05) is 6.54 Å². The van der Waals surface area contributed by atoms with E-state index in [1.54, 1.807) is 6.92 Å². The second kappa shape index (κ2) is 4.52. The minimum absolute atomic E-state index is 0.261. The zero-order valence-electron chi connectivity index (χ0n) is 9.41. The summed E-state index contributed by atoms with van der Waals surface area (Å²) in [6.45, 7) is 3.40. The summed E-state index contributed by atoms with van der Waals surface area (Å²) in [5.74, 6) is 1.78. The molecule has 86 valence electrons. The quantitative estimate of drug-likeness (QED) is 0.728. The molecule has 15 heavy (non-hydrogen) atoms. The maximum atomic E-state index is 10.6. The Labute approximate surface area is 91.2 Å². The molecule has 0 amide bonds. The molecule has 0 aromatic carbocycles. The summed E-state index contributed by atoms with van der Waals surface area (Å²) in [5.41, 5.74) is 0. The predicted molar refractivity (Wildman–Crippen MR) is 58.6 cm³/mol. The van der Waals surface area contributed by atoms with Crippen LogP contribution >= 0.6 is 0 Å². The molecule has 0 spiro atoms. The lowest BCUT2D eigenvalue weighted by molar-refractivity contribution is -0.140. The number of rotatable bonds is 5. The van der Waals surface area contributed by atoms with E-state index < -0.39 is 5.97 Å². The number of nitrogens with one attached hydrogen (secondary N) is 1. The van der Waals surface area contributed by atoms with Crippen LogP contribution in [0, 0.1) is 23.7 Å². The largest absolute Gasteiger partial charge is 0.481 e. The van der Waals surface area contributed by atoms with Crippen LogP contribution in [0.2, 0.25) is 0 Å². The highest BCUT2D eigenvalue weighted by Crippen LogP contribution is 2.47. The molecule has 4 unspecified atom stereocenters. The van der Waals surface area contributed by atoms with E-state index in [2.05, 4.69) is 5.32 Å². The van der Waals surface area contributed by atoms with E-state index in [0.29, 0.717) is 6.54 Å². The summed E-state index contributed by atoms with van der Waals surface area (Å²) in [5, 5.41) is 12.1. The summed E-state index contributed by atoms with van der Waals surface area (Å²) >= 11 is 0. The molecular weight excluding hydrogens is 190 g/mol.